The van der Waals surface area contributed by atoms with Gasteiger partial charge in [-0.25, -0.2) is 0 Å². The molecule has 2 aromatic rings. The summed E-state index contributed by atoms with van der Waals surface area (Å²) < 4.78 is 5.95. The van der Waals surface area contributed by atoms with Gasteiger partial charge in [0.2, 0.25) is 0 Å². The first-order chi connectivity index (χ1) is 7.43. The second kappa shape index (κ2) is 2.61. The predicted molar refractivity (Wildman–Crippen MR) is 59.7 cm³/mol. The Morgan fingerprint density at radius 2 is 1.80 bits per heavy atom. The molecule has 0 aromatic heterocycles. The van der Waals surface area contributed by atoms with Crippen molar-refractivity contribution < 1.29 is 4.74 Å². The molecule has 0 spiro atoms. The average Bonchev–Trinajstić information content (AvgIpc) is 2.89. The van der Waals surface area contributed by atoms with E-state index in [9.17, 15) is 0 Å². The topological polar surface area (TPSA) is 9.23 Å². The normalized spacial score (nSPS) is 27.2. The van der Waals surface area contributed by atoms with Crippen molar-refractivity contribution in [1.82, 2.24) is 0 Å². The second-order valence-electron chi connectivity index (χ2n) is 4.48. The standard InChI is InChI=1S/C14H12O/c1-2-4-10-9(3-1)5-6-11-12-7-8-13(15-12)14(10)11/h1-6,12-13H,7-8H2. The second-order valence-corrected chi connectivity index (χ2v) is 4.48. The molecule has 0 N–H and O–H groups in total. The Kier molecular flexibility index (Phi) is 1.37. The monoisotopic (exact) mass is 196 g/mol. The predicted octanol–water partition coefficient (Wildman–Crippen LogP) is 3.75. The summed E-state index contributed by atoms with van der Waals surface area (Å²) in [5.74, 6) is 0. The summed E-state index contributed by atoms with van der Waals surface area (Å²) in [7, 11) is 0. The van der Waals surface area contributed by atoms with Gasteiger partial charge in [0.25, 0.3) is 0 Å². The molecule has 0 aliphatic carbocycles. The van der Waals surface area contributed by atoms with Gasteiger partial charge in [0, 0.05) is 0 Å². The molecule has 2 aromatic carbocycles. The maximum absolute atomic E-state index is 5.95. The molecular formula is C14H12O. The summed E-state index contributed by atoms with van der Waals surface area (Å²) >= 11 is 0. The zero-order chi connectivity index (χ0) is 9.83. The minimum Gasteiger partial charge on any atom is -0.366 e. The highest BCUT2D eigenvalue weighted by Gasteiger charge is 2.38. The Morgan fingerprint density at radius 1 is 0.933 bits per heavy atom. The SMILES string of the molecule is c1ccc2c3c(ccc2c1)C1CCC3O1. The first kappa shape index (κ1) is 7.89. The Bertz CT molecular complexity index is 544. The lowest BCUT2D eigenvalue weighted by Gasteiger charge is -2.13. The van der Waals surface area contributed by atoms with Gasteiger partial charge in [-0.15, -0.1) is 0 Å². The van der Waals surface area contributed by atoms with E-state index in [1.54, 1.807) is 0 Å². The van der Waals surface area contributed by atoms with E-state index in [1.165, 1.54) is 34.7 Å². The van der Waals surface area contributed by atoms with Crippen molar-refractivity contribution in [3.05, 3.63) is 47.5 Å². The van der Waals surface area contributed by atoms with E-state index < -0.39 is 0 Å². The third-order valence-electron chi connectivity index (χ3n) is 3.69. The van der Waals surface area contributed by atoms with E-state index in [4.69, 9.17) is 4.74 Å². The fraction of sp³-hybridized carbons (Fsp3) is 0.286. The third kappa shape index (κ3) is 0.915. The molecule has 2 bridgehead atoms. The minimum atomic E-state index is 0.371. The van der Waals surface area contributed by atoms with E-state index in [2.05, 4.69) is 36.4 Å². The fourth-order valence-corrected chi connectivity index (χ4v) is 3.03. The van der Waals surface area contributed by atoms with Gasteiger partial charge in [-0.2, -0.15) is 0 Å². The van der Waals surface area contributed by atoms with Crippen molar-refractivity contribution >= 4 is 10.8 Å². The molecule has 1 nitrogen and oxygen atoms in total. The molecule has 2 atom stereocenters. The van der Waals surface area contributed by atoms with Crippen LogP contribution < -0.4 is 0 Å². The molecule has 1 fully saturated rings. The zero-order valence-electron chi connectivity index (χ0n) is 8.44. The lowest BCUT2D eigenvalue weighted by atomic mass is 9.88. The highest BCUT2D eigenvalue weighted by Crippen LogP contribution is 2.52. The van der Waals surface area contributed by atoms with Crippen LogP contribution in [0.3, 0.4) is 0 Å². The zero-order valence-corrected chi connectivity index (χ0v) is 8.44. The molecule has 0 radical (unpaired) electrons. The molecule has 74 valence electrons. The molecule has 4 rings (SSSR count). The van der Waals surface area contributed by atoms with Crippen LogP contribution in [0.2, 0.25) is 0 Å². The Balaban J connectivity index is 2.13. The number of fused-ring (bicyclic) bond motifs is 7. The molecule has 0 amide bonds. The first-order valence-electron chi connectivity index (χ1n) is 5.60. The lowest BCUT2D eigenvalue weighted by molar-refractivity contribution is 0.0721. The number of hydrogen-bond acceptors (Lipinski definition) is 1. The quantitative estimate of drug-likeness (QED) is 0.623. The van der Waals surface area contributed by atoms with Gasteiger partial charge in [0.1, 0.15) is 0 Å². The summed E-state index contributed by atoms with van der Waals surface area (Å²) in [5.41, 5.74) is 2.90. The Morgan fingerprint density at radius 3 is 2.80 bits per heavy atom. The van der Waals surface area contributed by atoms with Crippen LogP contribution in [0.25, 0.3) is 10.8 Å². The van der Waals surface area contributed by atoms with Crippen molar-refractivity contribution in [3.63, 3.8) is 0 Å². The molecule has 2 aliphatic heterocycles. The van der Waals surface area contributed by atoms with Crippen molar-refractivity contribution in [2.45, 2.75) is 25.0 Å². The highest BCUT2D eigenvalue weighted by atomic mass is 16.5. The number of benzene rings is 2. The van der Waals surface area contributed by atoms with Gasteiger partial charge in [0.15, 0.2) is 0 Å². The van der Waals surface area contributed by atoms with Crippen LogP contribution in [-0.4, -0.2) is 0 Å². The van der Waals surface area contributed by atoms with E-state index in [0.717, 1.165) is 0 Å². The Hall–Kier alpha value is -1.34. The summed E-state index contributed by atoms with van der Waals surface area (Å²) in [5, 5.41) is 2.73. The number of hydrogen-bond donors (Lipinski definition) is 0. The number of ether oxygens (including phenoxy) is 1. The summed E-state index contributed by atoms with van der Waals surface area (Å²) in [6.07, 6.45) is 3.16. The van der Waals surface area contributed by atoms with Crippen molar-refractivity contribution in [3.8, 4) is 0 Å². The Labute approximate surface area is 88.7 Å². The van der Waals surface area contributed by atoms with Crippen LogP contribution in [-0.2, 0) is 4.74 Å². The highest BCUT2D eigenvalue weighted by molar-refractivity contribution is 5.87. The molecule has 2 heterocycles. The summed E-state index contributed by atoms with van der Waals surface area (Å²) in [6, 6.07) is 13.1. The van der Waals surface area contributed by atoms with Crippen molar-refractivity contribution in [2.24, 2.45) is 0 Å². The lowest BCUT2D eigenvalue weighted by Crippen LogP contribution is -1.98. The maximum atomic E-state index is 5.95. The minimum absolute atomic E-state index is 0.371. The van der Waals surface area contributed by atoms with E-state index in [1.807, 2.05) is 0 Å². The van der Waals surface area contributed by atoms with Gasteiger partial charge < -0.3 is 4.74 Å². The fourth-order valence-electron chi connectivity index (χ4n) is 3.03. The molecule has 1 heteroatoms. The molecular weight excluding hydrogens is 184 g/mol. The van der Waals surface area contributed by atoms with Crippen LogP contribution in [0, 0.1) is 0 Å². The van der Waals surface area contributed by atoms with Crippen LogP contribution in [0.4, 0.5) is 0 Å². The van der Waals surface area contributed by atoms with Crippen molar-refractivity contribution in [2.75, 3.05) is 0 Å². The van der Waals surface area contributed by atoms with Gasteiger partial charge >= 0.3 is 0 Å². The smallest absolute Gasteiger partial charge is 0.0844 e. The average molecular weight is 196 g/mol. The summed E-state index contributed by atoms with van der Waals surface area (Å²) in [4.78, 5) is 0. The maximum Gasteiger partial charge on any atom is 0.0844 e. The van der Waals surface area contributed by atoms with Crippen LogP contribution in [0.1, 0.15) is 36.2 Å². The first-order valence-corrected chi connectivity index (χ1v) is 5.60. The largest absolute Gasteiger partial charge is 0.366 e. The van der Waals surface area contributed by atoms with Gasteiger partial charge in [-0.1, -0.05) is 36.4 Å². The van der Waals surface area contributed by atoms with Gasteiger partial charge in [-0.3, -0.25) is 0 Å². The van der Waals surface area contributed by atoms with Crippen LogP contribution in [0.15, 0.2) is 36.4 Å². The van der Waals surface area contributed by atoms with Gasteiger partial charge in [0.05, 0.1) is 12.2 Å². The molecule has 2 aliphatic rings. The van der Waals surface area contributed by atoms with Crippen LogP contribution in [0.5, 0.6) is 0 Å². The summed E-state index contributed by atoms with van der Waals surface area (Å²) in [6.45, 7) is 0. The van der Waals surface area contributed by atoms with Gasteiger partial charge in [-0.05, 0) is 34.7 Å². The van der Waals surface area contributed by atoms with Crippen LogP contribution >= 0.6 is 0 Å². The van der Waals surface area contributed by atoms with E-state index >= 15 is 0 Å². The molecule has 15 heavy (non-hydrogen) atoms. The van der Waals surface area contributed by atoms with E-state index in [-0.39, 0.29) is 0 Å². The van der Waals surface area contributed by atoms with E-state index in [0.29, 0.717) is 12.2 Å². The molecule has 0 saturated carbocycles. The molecule has 2 unspecified atom stereocenters. The number of rotatable bonds is 0. The van der Waals surface area contributed by atoms with Crippen molar-refractivity contribution in [1.29, 1.82) is 0 Å². The molecule has 1 saturated heterocycles. The third-order valence-corrected chi connectivity index (χ3v) is 3.69.